The summed E-state index contributed by atoms with van der Waals surface area (Å²) >= 11 is 0. The molecule has 6 nitrogen and oxygen atoms in total. The molecule has 0 bridgehead atoms. The van der Waals surface area contributed by atoms with E-state index in [0.717, 1.165) is 12.2 Å². The van der Waals surface area contributed by atoms with Crippen molar-refractivity contribution in [2.45, 2.75) is 19.4 Å². The van der Waals surface area contributed by atoms with Crippen molar-refractivity contribution in [3.05, 3.63) is 12.3 Å². The van der Waals surface area contributed by atoms with Gasteiger partial charge in [-0.15, -0.1) is 0 Å². The number of aromatic nitrogens is 2. The molecule has 15 heavy (non-hydrogen) atoms. The minimum Gasteiger partial charge on any atom is -0.383 e. The molecule has 1 rings (SSSR count). The summed E-state index contributed by atoms with van der Waals surface area (Å²) in [7, 11) is 1.68. The van der Waals surface area contributed by atoms with E-state index >= 15 is 0 Å². The molecule has 0 saturated heterocycles. The van der Waals surface area contributed by atoms with Gasteiger partial charge in [0.05, 0.1) is 12.6 Å². The molecular weight excluding hydrogens is 194 g/mol. The second-order valence-corrected chi connectivity index (χ2v) is 3.11. The average molecular weight is 211 g/mol. The van der Waals surface area contributed by atoms with E-state index in [-0.39, 0.29) is 6.04 Å². The fourth-order valence-electron chi connectivity index (χ4n) is 1.18. The number of nitrogens with zero attached hydrogens (tertiary/aromatic N) is 2. The van der Waals surface area contributed by atoms with E-state index in [9.17, 15) is 0 Å². The molecule has 1 heterocycles. The minimum atomic E-state index is 0.246. The van der Waals surface area contributed by atoms with Gasteiger partial charge in [-0.05, 0) is 12.5 Å². The van der Waals surface area contributed by atoms with Crippen LogP contribution in [0.15, 0.2) is 12.3 Å². The van der Waals surface area contributed by atoms with Crippen LogP contribution in [0.2, 0.25) is 0 Å². The molecule has 4 N–H and O–H groups in total. The maximum atomic E-state index is 5.21. The van der Waals surface area contributed by atoms with Crippen LogP contribution in [0.5, 0.6) is 0 Å². The van der Waals surface area contributed by atoms with E-state index in [0.29, 0.717) is 12.6 Å². The first-order valence-electron chi connectivity index (χ1n) is 4.85. The number of hydrazine groups is 1. The second-order valence-electron chi connectivity index (χ2n) is 3.11. The standard InChI is InChI=1S/C9H17N5O/c1-3-7(6-15-2)12-8-4-5-11-9(13-8)14-10/h4-5,7H,3,6,10H2,1-2H3,(H2,11,12,13,14). The Morgan fingerprint density at radius 1 is 1.60 bits per heavy atom. The van der Waals surface area contributed by atoms with Crippen LogP contribution < -0.4 is 16.6 Å². The zero-order chi connectivity index (χ0) is 11.1. The number of rotatable bonds is 6. The molecule has 0 aliphatic rings. The van der Waals surface area contributed by atoms with Gasteiger partial charge in [0, 0.05) is 13.3 Å². The summed E-state index contributed by atoms with van der Waals surface area (Å²) in [5.41, 5.74) is 2.40. The highest BCUT2D eigenvalue weighted by molar-refractivity contribution is 5.39. The highest BCUT2D eigenvalue weighted by Gasteiger charge is 2.06. The van der Waals surface area contributed by atoms with Gasteiger partial charge in [-0.25, -0.2) is 10.8 Å². The maximum Gasteiger partial charge on any atom is 0.239 e. The van der Waals surface area contributed by atoms with Crippen LogP contribution in [0.1, 0.15) is 13.3 Å². The van der Waals surface area contributed by atoms with Crippen LogP contribution in [0.3, 0.4) is 0 Å². The summed E-state index contributed by atoms with van der Waals surface area (Å²) in [6.45, 7) is 2.73. The largest absolute Gasteiger partial charge is 0.383 e. The molecule has 84 valence electrons. The van der Waals surface area contributed by atoms with Crippen molar-refractivity contribution in [3.63, 3.8) is 0 Å². The third-order valence-corrected chi connectivity index (χ3v) is 2.00. The van der Waals surface area contributed by atoms with Crippen molar-refractivity contribution in [1.82, 2.24) is 9.97 Å². The van der Waals surface area contributed by atoms with Gasteiger partial charge in [-0.2, -0.15) is 4.98 Å². The first-order valence-corrected chi connectivity index (χ1v) is 4.85. The highest BCUT2D eigenvalue weighted by Crippen LogP contribution is 2.07. The van der Waals surface area contributed by atoms with Crippen molar-refractivity contribution in [3.8, 4) is 0 Å². The Labute approximate surface area is 89.2 Å². The predicted molar refractivity (Wildman–Crippen MR) is 59.4 cm³/mol. The lowest BCUT2D eigenvalue weighted by atomic mass is 10.2. The smallest absolute Gasteiger partial charge is 0.239 e. The van der Waals surface area contributed by atoms with Crippen LogP contribution in [0.4, 0.5) is 11.8 Å². The zero-order valence-electron chi connectivity index (χ0n) is 9.03. The molecule has 6 heteroatoms. The van der Waals surface area contributed by atoms with E-state index < -0.39 is 0 Å². The van der Waals surface area contributed by atoms with Gasteiger partial charge in [0.2, 0.25) is 5.95 Å². The quantitative estimate of drug-likeness (QED) is 0.472. The summed E-state index contributed by atoms with van der Waals surface area (Å²) in [5, 5.41) is 3.23. The predicted octanol–water partition coefficient (Wildman–Crippen LogP) is 0.599. The van der Waals surface area contributed by atoms with Crippen molar-refractivity contribution >= 4 is 11.8 Å². The Morgan fingerprint density at radius 2 is 2.40 bits per heavy atom. The summed E-state index contributed by atoms with van der Waals surface area (Å²) in [6.07, 6.45) is 2.60. The maximum absolute atomic E-state index is 5.21. The second kappa shape index (κ2) is 6.15. The topological polar surface area (TPSA) is 85.1 Å². The number of nitrogen functional groups attached to an aromatic ring is 1. The lowest BCUT2D eigenvalue weighted by Gasteiger charge is -2.16. The Kier molecular flexibility index (Phi) is 4.79. The zero-order valence-corrected chi connectivity index (χ0v) is 9.03. The van der Waals surface area contributed by atoms with Crippen molar-refractivity contribution < 1.29 is 4.74 Å². The van der Waals surface area contributed by atoms with Crippen molar-refractivity contribution in [2.75, 3.05) is 24.5 Å². The van der Waals surface area contributed by atoms with Gasteiger partial charge in [0.15, 0.2) is 0 Å². The number of ether oxygens (including phenoxy) is 1. The first kappa shape index (κ1) is 11.7. The molecule has 0 spiro atoms. The molecule has 0 radical (unpaired) electrons. The fourth-order valence-corrected chi connectivity index (χ4v) is 1.18. The van der Waals surface area contributed by atoms with Gasteiger partial charge in [0.1, 0.15) is 5.82 Å². The number of anilines is 2. The van der Waals surface area contributed by atoms with Crippen LogP contribution in [-0.2, 0) is 4.74 Å². The van der Waals surface area contributed by atoms with E-state index in [1.165, 1.54) is 0 Å². The Balaban J connectivity index is 2.61. The van der Waals surface area contributed by atoms with Crippen LogP contribution in [0.25, 0.3) is 0 Å². The van der Waals surface area contributed by atoms with E-state index in [1.807, 2.05) is 0 Å². The molecule has 0 aliphatic heterocycles. The number of hydrogen-bond donors (Lipinski definition) is 3. The van der Waals surface area contributed by atoms with E-state index in [2.05, 4.69) is 27.6 Å². The van der Waals surface area contributed by atoms with E-state index in [4.69, 9.17) is 10.6 Å². The Morgan fingerprint density at radius 3 is 3.00 bits per heavy atom. The average Bonchev–Trinajstić information content (AvgIpc) is 2.29. The number of nitrogens with one attached hydrogen (secondary N) is 2. The van der Waals surface area contributed by atoms with Crippen LogP contribution in [0, 0.1) is 0 Å². The number of methoxy groups -OCH3 is 1. The molecule has 1 aromatic heterocycles. The van der Waals surface area contributed by atoms with Gasteiger partial charge in [0.25, 0.3) is 0 Å². The first-order chi connectivity index (χ1) is 7.30. The van der Waals surface area contributed by atoms with Gasteiger partial charge < -0.3 is 10.1 Å². The molecule has 1 aromatic rings. The third-order valence-electron chi connectivity index (χ3n) is 2.00. The lowest BCUT2D eigenvalue weighted by molar-refractivity contribution is 0.184. The molecule has 1 atom stereocenters. The summed E-state index contributed by atoms with van der Waals surface area (Å²) in [5.74, 6) is 6.35. The fraction of sp³-hybridized carbons (Fsp3) is 0.556. The number of nitrogens with two attached hydrogens (primary N) is 1. The summed E-state index contributed by atoms with van der Waals surface area (Å²) in [4.78, 5) is 8.07. The summed E-state index contributed by atoms with van der Waals surface area (Å²) in [6, 6.07) is 2.04. The minimum absolute atomic E-state index is 0.246. The van der Waals surface area contributed by atoms with Crippen LogP contribution >= 0.6 is 0 Å². The number of hydrogen-bond acceptors (Lipinski definition) is 6. The molecule has 1 unspecified atom stereocenters. The van der Waals surface area contributed by atoms with Crippen molar-refractivity contribution in [2.24, 2.45) is 5.84 Å². The van der Waals surface area contributed by atoms with Crippen LogP contribution in [-0.4, -0.2) is 29.7 Å². The van der Waals surface area contributed by atoms with Gasteiger partial charge >= 0.3 is 0 Å². The highest BCUT2D eigenvalue weighted by atomic mass is 16.5. The van der Waals surface area contributed by atoms with Crippen molar-refractivity contribution in [1.29, 1.82) is 0 Å². The third kappa shape index (κ3) is 3.69. The molecule has 0 aliphatic carbocycles. The molecule has 0 aromatic carbocycles. The normalized spacial score (nSPS) is 12.2. The lowest BCUT2D eigenvalue weighted by Crippen LogP contribution is -2.24. The Hall–Kier alpha value is -1.40. The van der Waals surface area contributed by atoms with Gasteiger partial charge in [-0.3, -0.25) is 5.43 Å². The molecule has 0 amide bonds. The monoisotopic (exact) mass is 211 g/mol. The molecule has 0 fully saturated rings. The SMILES string of the molecule is CCC(COC)Nc1ccnc(NN)n1. The van der Waals surface area contributed by atoms with E-state index in [1.54, 1.807) is 19.4 Å². The molecular formula is C9H17N5O. The summed E-state index contributed by atoms with van der Waals surface area (Å²) < 4.78 is 5.08. The Bertz CT molecular complexity index is 294. The molecule has 0 saturated carbocycles. The van der Waals surface area contributed by atoms with Gasteiger partial charge in [-0.1, -0.05) is 6.92 Å².